The maximum Gasteiger partial charge on any atom is 0.315 e. The normalized spacial score (nSPS) is 22.2. The number of aromatic hydroxyl groups is 1. The zero-order valence-corrected chi connectivity index (χ0v) is 18.0. The van der Waals surface area contributed by atoms with Gasteiger partial charge in [0.05, 0.1) is 12.0 Å². The highest BCUT2D eigenvalue weighted by Gasteiger charge is 2.48. The molecule has 1 aromatic carbocycles. The second kappa shape index (κ2) is 8.19. The molecule has 2 atom stereocenters. The Morgan fingerprint density at radius 2 is 2.17 bits per heavy atom. The zero-order chi connectivity index (χ0) is 22.1. The minimum atomic E-state index is -1.02. The molecule has 1 heterocycles. The van der Waals surface area contributed by atoms with Gasteiger partial charge in [-0.15, -0.1) is 0 Å². The maximum atomic E-state index is 12.7. The van der Waals surface area contributed by atoms with Crippen molar-refractivity contribution in [3.05, 3.63) is 33.7 Å². The van der Waals surface area contributed by atoms with E-state index in [0.717, 1.165) is 6.42 Å². The SMILES string of the molecule is CC(C)(C(=O)OCCCN=[N+]=[N-])c1cc(O)c2c(c1)OC(C)(C)[C@@H]1CCC(=O)C[C@@H]21. The summed E-state index contributed by atoms with van der Waals surface area (Å²) in [5.41, 5.74) is 8.04. The molecule has 0 amide bonds. The van der Waals surface area contributed by atoms with Crippen LogP contribution in [0.25, 0.3) is 10.4 Å². The highest BCUT2D eigenvalue weighted by Crippen LogP contribution is 2.54. The Morgan fingerprint density at radius 1 is 1.43 bits per heavy atom. The number of phenols is 1. The molecule has 2 aliphatic rings. The topological polar surface area (TPSA) is 122 Å². The first-order valence-corrected chi connectivity index (χ1v) is 10.3. The van der Waals surface area contributed by atoms with Crippen LogP contribution in [0.15, 0.2) is 17.2 Å². The molecule has 0 spiro atoms. The van der Waals surface area contributed by atoms with Crippen LogP contribution in [0.3, 0.4) is 0 Å². The fourth-order valence-electron chi connectivity index (χ4n) is 4.57. The summed E-state index contributed by atoms with van der Waals surface area (Å²) in [6.45, 7) is 7.88. The number of carbonyl (C=O) groups is 2. The Kier molecular flexibility index (Phi) is 5.99. The third-order valence-corrected chi connectivity index (χ3v) is 6.36. The van der Waals surface area contributed by atoms with E-state index >= 15 is 0 Å². The van der Waals surface area contributed by atoms with E-state index in [1.54, 1.807) is 26.0 Å². The summed E-state index contributed by atoms with van der Waals surface area (Å²) >= 11 is 0. The number of azide groups is 1. The first-order valence-electron chi connectivity index (χ1n) is 10.3. The molecule has 0 bridgehead atoms. The van der Waals surface area contributed by atoms with E-state index in [4.69, 9.17) is 15.0 Å². The van der Waals surface area contributed by atoms with Gasteiger partial charge < -0.3 is 14.6 Å². The van der Waals surface area contributed by atoms with Crippen LogP contribution in [-0.2, 0) is 19.7 Å². The summed E-state index contributed by atoms with van der Waals surface area (Å²) in [5.74, 6) is 0.391. The number of ketones is 1. The maximum absolute atomic E-state index is 12.7. The highest BCUT2D eigenvalue weighted by molar-refractivity contribution is 5.83. The monoisotopic (exact) mass is 415 g/mol. The molecule has 1 aliphatic heterocycles. The molecule has 1 aliphatic carbocycles. The number of carbonyl (C=O) groups excluding carboxylic acids is 2. The summed E-state index contributed by atoms with van der Waals surface area (Å²) in [6.07, 6.45) is 2.12. The van der Waals surface area contributed by atoms with Gasteiger partial charge in [-0.3, -0.25) is 9.59 Å². The lowest BCUT2D eigenvalue weighted by Gasteiger charge is -2.47. The van der Waals surface area contributed by atoms with Crippen molar-refractivity contribution in [2.45, 2.75) is 70.3 Å². The van der Waals surface area contributed by atoms with Crippen LogP contribution in [0, 0.1) is 5.92 Å². The standard InChI is InChI=1S/C22H29N3O5/c1-21(2,20(28)29-9-5-8-24-25-23)13-10-17(27)19-15-12-14(26)6-7-16(15)22(3,4)30-18(19)11-13/h10-11,15-16,27H,5-9,12H2,1-4H3/t15-,16-/m1/s1. The van der Waals surface area contributed by atoms with Crippen molar-refractivity contribution in [3.63, 3.8) is 0 Å². The smallest absolute Gasteiger partial charge is 0.315 e. The van der Waals surface area contributed by atoms with Gasteiger partial charge in [0.15, 0.2) is 0 Å². The van der Waals surface area contributed by atoms with E-state index in [2.05, 4.69) is 10.0 Å². The molecule has 1 saturated carbocycles. The van der Waals surface area contributed by atoms with Crippen LogP contribution in [0.2, 0.25) is 0 Å². The van der Waals surface area contributed by atoms with Gasteiger partial charge >= 0.3 is 5.97 Å². The second-order valence-electron chi connectivity index (χ2n) is 9.18. The van der Waals surface area contributed by atoms with Crippen molar-refractivity contribution >= 4 is 11.8 Å². The van der Waals surface area contributed by atoms with E-state index in [0.29, 0.717) is 36.1 Å². The van der Waals surface area contributed by atoms with Crippen molar-refractivity contribution in [2.24, 2.45) is 11.0 Å². The lowest BCUT2D eigenvalue weighted by Crippen LogP contribution is -2.47. The summed E-state index contributed by atoms with van der Waals surface area (Å²) in [6, 6.07) is 3.37. The average molecular weight is 415 g/mol. The molecule has 0 saturated heterocycles. The molecular formula is C22H29N3O5. The van der Waals surface area contributed by atoms with Gasteiger partial charge in [-0.1, -0.05) is 5.11 Å². The molecule has 162 valence electrons. The van der Waals surface area contributed by atoms with Crippen LogP contribution >= 0.6 is 0 Å². The first-order chi connectivity index (χ1) is 14.1. The van der Waals surface area contributed by atoms with Crippen LogP contribution in [0.1, 0.15) is 70.4 Å². The van der Waals surface area contributed by atoms with Crippen LogP contribution in [-0.4, -0.2) is 35.6 Å². The van der Waals surface area contributed by atoms with Crippen molar-refractivity contribution in [1.29, 1.82) is 0 Å². The largest absolute Gasteiger partial charge is 0.508 e. The van der Waals surface area contributed by atoms with Gasteiger partial charge in [0.2, 0.25) is 0 Å². The second-order valence-corrected chi connectivity index (χ2v) is 9.18. The minimum absolute atomic E-state index is 0.0481. The van der Waals surface area contributed by atoms with E-state index in [1.165, 1.54) is 0 Å². The highest BCUT2D eigenvalue weighted by atomic mass is 16.5. The number of rotatable bonds is 6. The Bertz CT molecular complexity index is 902. The number of phenolic OH excluding ortho intramolecular Hbond substituents is 1. The molecule has 0 unspecified atom stereocenters. The van der Waals surface area contributed by atoms with E-state index in [-0.39, 0.29) is 36.5 Å². The molecular weight excluding hydrogens is 386 g/mol. The van der Waals surface area contributed by atoms with E-state index < -0.39 is 17.0 Å². The average Bonchev–Trinajstić information content (AvgIpc) is 2.66. The van der Waals surface area contributed by atoms with Gasteiger partial charge in [-0.2, -0.15) is 0 Å². The molecule has 8 nitrogen and oxygen atoms in total. The lowest BCUT2D eigenvalue weighted by molar-refractivity contribution is -0.149. The number of hydrogen-bond acceptors (Lipinski definition) is 6. The minimum Gasteiger partial charge on any atom is -0.508 e. The number of esters is 1. The predicted octanol–water partition coefficient (Wildman–Crippen LogP) is 4.54. The van der Waals surface area contributed by atoms with E-state index in [9.17, 15) is 14.7 Å². The van der Waals surface area contributed by atoms with Crippen molar-refractivity contribution in [1.82, 2.24) is 0 Å². The third-order valence-electron chi connectivity index (χ3n) is 6.36. The molecule has 1 aromatic rings. The van der Waals surface area contributed by atoms with Crippen molar-refractivity contribution in [3.8, 4) is 11.5 Å². The molecule has 3 rings (SSSR count). The van der Waals surface area contributed by atoms with Crippen LogP contribution < -0.4 is 4.74 Å². The number of benzene rings is 1. The predicted molar refractivity (Wildman–Crippen MR) is 111 cm³/mol. The fraction of sp³-hybridized carbons (Fsp3) is 0.636. The lowest BCUT2D eigenvalue weighted by atomic mass is 9.66. The molecule has 30 heavy (non-hydrogen) atoms. The fourth-order valence-corrected chi connectivity index (χ4v) is 4.57. The Balaban J connectivity index is 1.88. The summed E-state index contributed by atoms with van der Waals surface area (Å²) in [4.78, 5) is 27.5. The Morgan fingerprint density at radius 3 is 2.87 bits per heavy atom. The molecule has 0 radical (unpaired) electrons. The molecule has 1 fully saturated rings. The molecule has 1 N–H and O–H groups in total. The summed E-state index contributed by atoms with van der Waals surface area (Å²) in [7, 11) is 0. The number of fused-ring (bicyclic) bond motifs is 3. The van der Waals surface area contributed by atoms with E-state index in [1.807, 2.05) is 13.8 Å². The zero-order valence-electron chi connectivity index (χ0n) is 18.0. The van der Waals surface area contributed by atoms with Gasteiger partial charge in [-0.05, 0) is 63.8 Å². The van der Waals surface area contributed by atoms with Crippen molar-refractivity contribution < 1.29 is 24.2 Å². The Labute approximate surface area is 176 Å². The van der Waals surface area contributed by atoms with Gasteiger partial charge in [0, 0.05) is 41.7 Å². The van der Waals surface area contributed by atoms with Crippen LogP contribution in [0.4, 0.5) is 0 Å². The number of nitrogens with zero attached hydrogens (tertiary/aromatic N) is 3. The van der Waals surface area contributed by atoms with Crippen molar-refractivity contribution in [2.75, 3.05) is 13.2 Å². The number of Topliss-reactive ketones (excluding diaryl/α,β-unsaturated/α-hetero) is 1. The van der Waals surface area contributed by atoms with Gasteiger partial charge in [0.25, 0.3) is 0 Å². The van der Waals surface area contributed by atoms with Gasteiger partial charge in [-0.25, -0.2) is 0 Å². The quantitative estimate of drug-likeness (QED) is 0.240. The number of ether oxygens (including phenoxy) is 2. The molecule has 0 aromatic heterocycles. The molecule has 8 heteroatoms. The summed E-state index contributed by atoms with van der Waals surface area (Å²) < 4.78 is 11.6. The van der Waals surface area contributed by atoms with Gasteiger partial charge in [0.1, 0.15) is 22.9 Å². The number of hydrogen-bond donors (Lipinski definition) is 1. The Hall–Kier alpha value is -2.73. The first kappa shape index (κ1) is 22.0. The summed E-state index contributed by atoms with van der Waals surface area (Å²) in [5, 5.41) is 14.3. The third kappa shape index (κ3) is 4.10. The van der Waals surface area contributed by atoms with Crippen LogP contribution in [0.5, 0.6) is 11.5 Å².